The molecule has 2 amide bonds. The number of anilines is 2. The Bertz CT molecular complexity index is 1170. The van der Waals surface area contributed by atoms with E-state index in [9.17, 15) is 4.79 Å². The van der Waals surface area contributed by atoms with Crippen LogP contribution in [0.25, 0.3) is 20.7 Å². The van der Waals surface area contributed by atoms with E-state index < -0.39 is 0 Å². The third-order valence-electron chi connectivity index (χ3n) is 5.53. The number of aromatic nitrogens is 2. The van der Waals surface area contributed by atoms with E-state index in [1.807, 2.05) is 36.4 Å². The maximum atomic E-state index is 12.3. The van der Waals surface area contributed by atoms with Gasteiger partial charge in [0, 0.05) is 29.7 Å². The van der Waals surface area contributed by atoms with E-state index in [-0.39, 0.29) is 12.1 Å². The van der Waals surface area contributed by atoms with Gasteiger partial charge in [0.2, 0.25) is 0 Å². The molecular weight excluding hydrogens is 406 g/mol. The van der Waals surface area contributed by atoms with Gasteiger partial charge in [-0.2, -0.15) is 0 Å². The summed E-state index contributed by atoms with van der Waals surface area (Å²) in [6, 6.07) is 22.1. The topological polar surface area (TPSA) is 70.2 Å². The maximum Gasteiger partial charge on any atom is 0.319 e. The number of benzene rings is 2. The molecule has 1 saturated heterocycles. The summed E-state index contributed by atoms with van der Waals surface area (Å²) in [5.74, 6) is 0.982. The summed E-state index contributed by atoms with van der Waals surface area (Å²) in [6.07, 6.45) is 3.41. The summed E-state index contributed by atoms with van der Waals surface area (Å²) in [4.78, 5) is 25.9. The average molecular weight is 430 g/mol. The first kappa shape index (κ1) is 19.5. The molecule has 7 heteroatoms. The molecule has 0 unspecified atom stereocenters. The van der Waals surface area contributed by atoms with E-state index in [0.717, 1.165) is 47.7 Å². The van der Waals surface area contributed by atoms with Crippen molar-refractivity contribution in [2.75, 3.05) is 23.3 Å². The van der Waals surface area contributed by atoms with Crippen LogP contribution in [-0.4, -0.2) is 35.1 Å². The van der Waals surface area contributed by atoms with Crippen molar-refractivity contribution in [3.05, 3.63) is 73.1 Å². The molecule has 1 aliphatic heterocycles. The third kappa shape index (κ3) is 4.36. The van der Waals surface area contributed by atoms with Crippen LogP contribution < -0.4 is 15.5 Å². The summed E-state index contributed by atoms with van der Waals surface area (Å²) in [6.45, 7) is 1.69. The highest BCUT2D eigenvalue weighted by Gasteiger charge is 2.23. The Kier molecular flexibility index (Phi) is 5.50. The molecule has 0 bridgehead atoms. The fourth-order valence-electron chi connectivity index (χ4n) is 3.95. The molecule has 2 aromatic carbocycles. The van der Waals surface area contributed by atoms with Gasteiger partial charge >= 0.3 is 6.03 Å². The number of rotatable bonds is 4. The van der Waals surface area contributed by atoms with Gasteiger partial charge in [0.05, 0.1) is 5.39 Å². The highest BCUT2D eigenvalue weighted by Crippen LogP contribution is 2.36. The number of hydrogen-bond acceptors (Lipinski definition) is 5. The molecule has 3 heterocycles. The first-order valence-corrected chi connectivity index (χ1v) is 11.3. The third-order valence-corrected chi connectivity index (χ3v) is 6.62. The normalized spacial score (nSPS) is 14.5. The standard InChI is InChI=1S/C24H23N5OS/c30-24(27-18-9-5-2-6-10-18)28-19-11-13-29(14-12-19)22-20-15-21(17-7-3-1-4-8-17)31-23(20)26-16-25-22/h1-10,15-16,19H,11-14H2,(H2,27,28,30). The smallest absolute Gasteiger partial charge is 0.319 e. The highest BCUT2D eigenvalue weighted by atomic mass is 32.1. The highest BCUT2D eigenvalue weighted by molar-refractivity contribution is 7.21. The van der Waals surface area contributed by atoms with E-state index >= 15 is 0 Å². The number of thiophene rings is 1. The van der Waals surface area contributed by atoms with E-state index in [0.29, 0.717) is 0 Å². The van der Waals surface area contributed by atoms with Gasteiger partial charge in [-0.15, -0.1) is 11.3 Å². The lowest BCUT2D eigenvalue weighted by atomic mass is 10.0. The number of fused-ring (bicyclic) bond motifs is 1. The second-order valence-corrected chi connectivity index (χ2v) is 8.65. The number of carbonyl (C=O) groups excluding carboxylic acids is 1. The molecular formula is C24H23N5OS. The molecule has 6 nitrogen and oxygen atoms in total. The Morgan fingerprint density at radius 2 is 1.68 bits per heavy atom. The molecule has 1 fully saturated rings. The largest absolute Gasteiger partial charge is 0.356 e. The van der Waals surface area contributed by atoms with Crippen LogP contribution in [-0.2, 0) is 0 Å². The van der Waals surface area contributed by atoms with Gasteiger partial charge in [-0.05, 0) is 36.6 Å². The number of para-hydroxylation sites is 1. The monoisotopic (exact) mass is 429 g/mol. The fourth-order valence-corrected chi connectivity index (χ4v) is 4.95. The van der Waals surface area contributed by atoms with Crippen LogP contribution in [0.1, 0.15) is 12.8 Å². The zero-order chi connectivity index (χ0) is 21.0. The van der Waals surface area contributed by atoms with Crippen LogP contribution >= 0.6 is 11.3 Å². The molecule has 0 aliphatic carbocycles. The van der Waals surface area contributed by atoms with E-state index in [1.165, 1.54) is 10.4 Å². The number of urea groups is 1. The van der Waals surface area contributed by atoms with Crippen molar-refractivity contribution in [1.29, 1.82) is 0 Å². The second-order valence-electron chi connectivity index (χ2n) is 7.62. The number of nitrogens with zero attached hydrogens (tertiary/aromatic N) is 3. The Morgan fingerprint density at radius 3 is 2.42 bits per heavy atom. The summed E-state index contributed by atoms with van der Waals surface area (Å²) in [7, 11) is 0. The lowest BCUT2D eigenvalue weighted by Crippen LogP contribution is -2.46. The fraction of sp³-hybridized carbons (Fsp3) is 0.208. The molecule has 156 valence electrons. The molecule has 1 aliphatic rings. The zero-order valence-electron chi connectivity index (χ0n) is 17.0. The Hall–Kier alpha value is -3.45. The van der Waals surface area contributed by atoms with Crippen molar-refractivity contribution in [2.24, 2.45) is 0 Å². The van der Waals surface area contributed by atoms with Crippen LogP contribution in [0.15, 0.2) is 73.1 Å². The summed E-state index contributed by atoms with van der Waals surface area (Å²) < 4.78 is 0. The van der Waals surface area contributed by atoms with Crippen molar-refractivity contribution >= 4 is 39.1 Å². The minimum atomic E-state index is -0.153. The second kappa shape index (κ2) is 8.73. The minimum absolute atomic E-state index is 0.152. The van der Waals surface area contributed by atoms with Gasteiger partial charge in [-0.1, -0.05) is 48.5 Å². The summed E-state index contributed by atoms with van der Waals surface area (Å²) in [5, 5.41) is 7.08. The molecule has 31 heavy (non-hydrogen) atoms. The Balaban J connectivity index is 1.25. The molecule has 2 N–H and O–H groups in total. The number of carbonyl (C=O) groups is 1. The first-order valence-electron chi connectivity index (χ1n) is 10.4. The number of amides is 2. The van der Waals surface area contributed by atoms with E-state index in [1.54, 1.807) is 17.7 Å². The molecule has 5 rings (SSSR count). The molecule has 2 aromatic heterocycles. The minimum Gasteiger partial charge on any atom is -0.356 e. The molecule has 0 atom stereocenters. The Labute approximate surface area is 185 Å². The van der Waals surface area contributed by atoms with Crippen LogP contribution in [0.3, 0.4) is 0 Å². The lowest BCUT2D eigenvalue weighted by Gasteiger charge is -2.33. The van der Waals surface area contributed by atoms with Crippen molar-refractivity contribution in [1.82, 2.24) is 15.3 Å². The van der Waals surface area contributed by atoms with Crippen LogP contribution in [0.2, 0.25) is 0 Å². The maximum absolute atomic E-state index is 12.3. The van der Waals surface area contributed by atoms with E-state index in [2.05, 4.69) is 55.8 Å². The van der Waals surface area contributed by atoms with Gasteiger partial charge in [-0.25, -0.2) is 14.8 Å². The number of hydrogen-bond donors (Lipinski definition) is 2. The molecule has 0 spiro atoms. The predicted octanol–water partition coefficient (Wildman–Crippen LogP) is 5.15. The quantitative estimate of drug-likeness (QED) is 0.471. The molecule has 0 saturated carbocycles. The van der Waals surface area contributed by atoms with Crippen molar-refractivity contribution in [2.45, 2.75) is 18.9 Å². The van der Waals surface area contributed by atoms with Crippen LogP contribution in [0.4, 0.5) is 16.3 Å². The van der Waals surface area contributed by atoms with Gasteiger partial charge in [0.1, 0.15) is 17.0 Å². The van der Waals surface area contributed by atoms with Gasteiger partial charge in [0.25, 0.3) is 0 Å². The van der Waals surface area contributed by atoms with Crippen molar-refractivity contribution in [3.8, 4) is 10.4 Å². The van der Waals surface area contributed by atoms with Crippen molar-refractivity contribution in [3.63, 3.8) is 0 Å². The van der Waals surface area contributed by atoms with Gasteiger partial charge in [-0.3, -0.25) is 0 Å². The summed E-state index contributed by atoms with van der Waals surface area (Å²) >= 11 is 1.70. The van der Waals surface area contributed by atoms with E-state index in [4.69, 9.17) is 0 Å². The van der Waals surface area contributed by atoms with Crippen LogP contribution in [0.5, 0.6) is 0 Å². The van der Waals surface area contributed by atoms with Crippen LogP contribution in [0, 0.1) is 0 Å². The molecule has 4 aromatic rings. The summed E-state index contributed by atoms with van der Waals surface area (Å²) in [5.41, 5.74) is 2.00. The average Bonchev–Trinajstić information content (AvgIpc) is 3.25. The van der Waals surface area contributed by atoms with Gasteiger partial charge in [0.15, 0.2) is 0 Å². The molecule has 0 radical (unpaired) electrons. The number of piperidine rings is 1. The Morgan fingerprint density at radius 1 is 0.968 bits per heavy atom. The lowest BCUT2D eigenvalue weighted by molar-refractivity contribution is 0.246. The first-order chi connectivity index (χ1) is 15.3. The number of nitrogens with one attached hydrogen (secondary N) is 2. The predicted molar refractivity (Wildman–Crippen MR) is 127 cm³/mol. The van der Waals surface area contributed by atoms with Crippen molar-refractivity contribution < 1.29 is 4.79 Å². The zero-order valence-corrected chi connectivity index (χ0v) is 17.8. The van der Waals surface area contributed by atoms with Gasteiger partial charge < -0.3 is 15.5 Å². The SMILES string of the molecule is O=C(Nc1ccccc1)NC1CCN(c2ncnc3sc(-c4ccccc4)cc23)CC1.